The molecule has 0 aliphatic carbocycles. The Morgan fingerprint density at radius 3 is 2.36 bits per heavy atom. The Bertz CT molecular complexity index is 812. The molecular formula is C17H22F4N6O. The Hall–Kier alpha value is -2.43. The van der Waals surface area contributed by atoms with Crippen molar-refractivity contribution >= 4 is 5.91 Å². The summed E-state index contributed by atoms with van der Waals surface area (Å²) in [7, 11) is 1.84. The van der Waals surface area contributed by atoms with E-state index in [1.165, 1.54) is 6.92 Å². The summed E-state index contributed by atoms with van der Waals surface area (Å²) in [5.74, 6) is -0.410. The second-order valence-corrected chi connectivity index (χ2v) is 6.84. The van der Waals surface area contributed by atoms with Crippen LogP contribution in [0.15, 0.2) is 18.5 Å². The van der Waals surface area contributed by atoms with Crippen molar-refractivity contribution in [3.63, 3.8) is 0 Å². The van der Waals surface area contributed by atoms with Crippen molar-refractivity contribution in [2.45, 2.75) is 32.4 Å². The van der Waals surface area contributed by atoms with Crippen LogP contribution in [0.5, 0.6) is 0 Å². The maximum Gasteiger partial charge on any atom is 0.282 e. The molecular weight excluding hydrogens is 380 g/mol. The van der Waals surface area contributed by atoms with Gasteiger partial charge in [0, 0.05) is 51.5 Å². The predicted octanol–water partition coefficient (Wildman–Crippen LogP) is 2.40. The molecule has 0 N–H and O–H groups in total. The summed E-state index contributed by atoms with van der Waals surface area (Å²) in [4.78, 5) is 16.4. The summed E-state index contributed by atoms with van der Waals surface area (Å²) in [5.41, 5.74) is -0.365. The first kappa shape index (κ1) is 20.3. The fraction of sp³-hybridized carbons (Fsp3) is 0.588. The highest BCUT2D eigenvalue weighted by Crippen LogP contribution is 2.28. The molecule has 0 spiro atoms. The highest BCUT2D eigenvalue weighted by atomic mass is 19.3. The molecule has 7 nitrogen and oxygen atoms in total. The van der Waals surface area contributed by atoms with Gasteiger partial charge in [0.1, 0.15) is 17.4 Å². The van der Waals surface area contributed by atoms with Gasteiger partial charge in [0.15, 0.2) is 0 Å². The fourth-order valence-corrected chi connectivity index (χ4v) is 3.32. The topological polar surface area (TPSA) is 59.2 Å². The number of piperazine rings is 1. The number of rotatable bonds is 6. The Morgan fingerprint density at radius 1 is 1.14 bits per heavy atom. The van der Waals surface area contributed by atoms with Crippen molar-refractivity contribution in [1.82, 2.24) is 29.4 Å². The smallest absolute Gasteiger partial charge is 0.282 e. The average molecular weight is 402 g/mol. The van der Waals surface area contributed by atoms with E-state index in [0.29, 0.717) is 38.8 Å². The Labute approximate surface area is 159 Å². The number of amides is 1. The monoisotopic (exact) mass is 402 g/mol. The molecule has 1 saturated heterocycles. The van der Waals surface area contributed by atoms with Gasteiger partial charge in [0.2, 0.25) is 5.91 Å². The SMILES string of the molecule is CC(C(=O)N1CCN(Cc2cnn(C)c2)CC1)n1nc(C(F)F)cc1C(F)F. The lowest BCUT2D eigenvalue weighted by molar-refractivity contribution is -0.136. The van der Waals surface area contributed by atoms with Gasteiger partial charge in [-0.1, -0.05) is 0 Å². The number of aromatic nitrogens is 4. The molecule has 0 aromatic carbocycles. The molecule has 28 heavy (non-hydrogen) atoms. The molecule has 0 bridgehead atoms. The van der Waals surface area contributed by atoms with Crippen molar-refractivity contribution in [2.75, 3.05) is 26.2 Å². The zero-order valence-electron chi connectivity index (χ0n) is 15.6. The Balaban J connectivity index is 1.63. The highest BCUT2D eigenvalue weighted by Gasteiger charge is 2.31. The second kappa shape index (κ2) is 8.29. The van der Waals surface area contributed by atoms with Crippen LogP contribution in [0.2, 0.25) is 0 Å². The van der Waals surface area contributed by atoms with Crippen LogP contribution in [0.25, 0.3) is 0 Å². The Kier molecular flexibility index (Phi) is 6.01. The van der Waals surface area contributed by atoms with Gasteiger partial charge in [-0.3, -0.25) is 19.1 Å². The summed E-state index contributed by atoms with van der Waals surface area (Å²) in [6.07, 6.45) is -2.27. The van der Waals surface area contributed by atoms with Gasteiger partial charge in [-0.05, 0) is 13.0 Å². The molecule has 0 radical (unpaired) electrons. The fourth-order valence-electron chi connectivity index (χ4n) is 3.32. The number of halogens is 4. The number of aryl methyl sites for hydroxylation is 1. The molecule has 1 atom stereocenters. The number of carbonyl (C=O) groups is 1. The maximum absolute atomic E-state index is 13.2. The third kappa shape index (κ3) is 4.34. The van der Waals surface area contributed by atoms with Gasteiger partial charge in [-0.25, -0.2) is 17.6 Å². The van der Waals surface area contributed by atoms with Gasteiger partial charge in [-0.2, -0.15) is 10.2 Å². The minimum atomic E-state index is -2.99. The normalized spacial score (nSPS) is 16.9. The molecule has 1 aliphatic rings. The quantitative estimate of drug-likeness (QED) is 0.697. The molecule has 2 aromatic heterocycles. The standard InChI is InChI=1S/C17H22F4N6O/c1-11(27-14(16(20)21)7-13(23-27)15(18)19)17(28)26-5-3-25(4-6-26)10-12-8-22-24(2)9-12/h7-9,11,15-16H,3-6,10H2,1-2H3. The third-order valence-corrected chi connectivity index (χ3v) is 4.80. The molecule has 1 fully saturated rings. The van der Waals surface area contributed by atoms with Crippen LogP contribution in [0, 0.1) is 0 Å². The summed E-state index contributed by atoms with van der Waals surface area (Å²) < 4.78 is 54.5. The van der Waals surface area contributed by atoms with Crippen molar-refractivity contribution < 1.29 is 22.4 Å². The summed E-state index contributed by atoms with van der Waals surface area (Å²) in [6.45, 7) is 4.20. The van der Waals surface area contributed by atoms with Gasteiger partial charge in [-0.15, -0.1) is 0 Å². The summed E-state index contributed by atoms with van der Waals surface area (Å²) in [6, 6.07) is -0.424. The number of hydrogen-bond acceptors (Lipinski definition) is 4. The Morgan fingerprint density at radius 2 is 1.82 bits per heavy atom. The van der Waals surface area contributed by atoms with Crippen molar-refractivity contribution in [2.24, 2.45) is 7.05 Å². The highest BCUT2D eigenvalue weighted by molar-refractivity contribution is 5.80. The van der Waals surface area contributed by atoms with E-state index in [1.807, 2.05) is 13.2 Å². The minimum absolute atomic E-state index is 0.410. The summed E-state index contributed by atoms with van der Waals surface area (Å²) in [5, 5.41) is 7.66. The van der Waals surface area contributed by atoms with E-state index in [-0.39, 0.29) is 0 Å². The maximum atomic E-state index is 13.2. The van der Waals surface area contributed by atoms with Gasteiger partial charge in [0.25, 0.3) is 12.9 Å². The van der Waals surface area contributed by atoms with Gasteiger partial charge >= 0.3 is 0 Å². The van der Waals surface area contributed by atoms with Crippen LogP contribution < -0.4 is 0 Å². The van der Waals surface area contributed by atoms with E-state index >= 15 is 0 Å². The number of alkyl halides is 4. The van der Waals surface area contributed by atoms with E-state index < -0.39 is 36.2 Å². The molecule has 1 amide bonds. The molecule has 1 aliphatic heterocycles. The second-order valence-electron chi connectivity index (χ2n) is 6.84. The largest absolute Gasteiger partial charge is 0.338 e. The third-order valence-electron chi connectivity index (χ3n) is 4.80. The van der Waals surface area contributed by atoms with Crippen molar-refractivity contribution in [3.05, 3.63) is 35.4 Å². The van der Waals surface area contributed by atoms with E-state index in [0.717, 1.165) is 10.2 Å². The van der Waals surface area contributed by atoms with E-state index in [1.54, 1.807) is 15.8 Å². The average Bonchev–Trinajstić information content (AvgIpc) is 3.28. The molecule has 11 heteroatoms. The molecule has 1 unspecified atom stereocenters. The summed E-state index contributed by atoms with van der Waals surface area (Å²) >= 11 is 0. The van der Waals surface area contributed by atoms with Gasteiger partial charge in [0.05, 0.1) is 6.20 Å². The van der Waals surface area contributed by atoms with E-state index in [4.69, 9.17) is 0 Å². The number of hydrogen-bond donors (Lipinski definition) is 0. The van der Waals surface area contributed by atoms with Crippen LogP contribution in [0.1, 0.15) is 42.8 Å². The lowest BCUT2D eigenvalue weighted by atomic mass is 10.2. The lowest BCUT2D eigenvalue weighted by Gasteiger charge is -2.35. The molecule has 3 rings (SSSR count). The van der Waals surface area contributed by atoms with Crippen LogP contribution in [0.4, 0.5) is 17.6 Å². The van der Waals surface area contributed by atoms with Crippen LogP contribution in [-0.4, -0.2) is 61.4 Å². The first-order valence-electron chi connectivity index (χ1n) is 8.90. The minimum Gasteiger partial charge on any atom is -0.338 e. The van der Waals surface area contributed by atoms with Crippen LogP contribution in [-0.2, 0) is 18.4 Å². The van der Waals surface area contributed by atoms with E-state index in [9.17, 15) is 22.4 Å². The number of nitrogens with zero attached hydrogens (tertiary/aromatic N) is 6. The van der Waals surface area contributed by atoms with Crippen LogP contribution in [0.3, 0.4) is 0 Å². The number of carbonyl (C=O) groups excluding carboxylic acids is 1. The molecule has 0 saturated carbocycles. The van der Waals surface area contributed by atoms with Crippen molar-refractivity contribution in [1.29, 1.82) is 0 Å². The van der Waals surface area contributed by atoms with E-state index in [2.05, 4.69) is 15.1 Å². The van der Waals surface area contributed by atoms with Gasteiger partial charge < -0.3 is 4.90 Å². The first-order chi connectivity index (χ1) is 13.3. The molecule has 3 heterocycles. The molecule has 2 aromatic rings. The van der Waals surface area contributed by atoms with Crippen LogP contribution >= 0.6 is 0 Å². The lowest BCUT2D eigenvalue weighted by Crippen LogP contribution is -2.50. The zero-order valence-corrected chi connectivity index (χ0v) is 15.6. The van der Waals surface area contributed by atoms with Crippen molar-refractivity contribution in [3.8, 4) is 0 Å². The zero-order chi connectivity index (χ0) is 20.4. The predicted molar refractivity (Wildman–Crippen MR) is 91.9 cm³/mol. The molecule has 154 valence electrons. The first-order valence-corrected chi connectivity index (χ1v) is 8.90.